The van der Waals surface area contributed by atoms with Gasteiger partial charge in [0.25, 0.3) is 0 Å². The van der Waals surface area contributed by atoms with Gasteiger partial charge >= 0.3 is 0 Å². The number of aliphatic hydroxyl groups excluding tert-OH is 1. The van der Waals surface area contributed by atoms with E-state index in [0.717, 1.165) is 25.7 Å². The zero-order valence-electron chi connectivity index (χ0n) is 11.2. The molecule has 0 aromatic carbocycles. The van der Waals surface area contributed by atoms with Crippen molar-refractivity contribution in [1.29, 1.82) is 0 Å². The molecule has 17 heavy (non-hydrogen) atoms. The normalized spacial score (nSPS) is 23.3. The van der Waals surface area contributed by atoms with Crippen LogP contribution >= 0.6 is 0 Å². The summed E-state index contributed by atoms with van der Waals surface area (Å²) in [5.41, 5.74) is 0.700. The summed E-state index contributed by atoms with van der Waals surface area (Å²) >= 11 is 0. The highest BCUT2D eigenvalue weighted by Gasteiger charge is 2.19. The summed E-state index contributed by atoms with van der Waals surface area (Å²) in [5.74, 6) is 0. The first-order chi connectivity index (χ1) is 8.03. The number of hydrogen-bond acceptors (Lipinski definition) is 2. The van der Waals surface area contributed by atoms with Gasteiger partial charge in [-0.1, -0.05) is 50.0 Å². The van der Waals surface area contributed by atoms with Gasteiger partial charge in [-0.3, -0.25) is 0 Å². The Labute approximate surface area is 105 Å². The van der Waals surface area contributed by atoms with Crippen LogP contribution in [0, 0.1) is 0 Å². The minimum atomic E-state index is -0.542. The fraction of sp³-hybridized carbons (Fsp3) is 0.733. The van der Waals surface area contributed by atoms with E-state index in [1.54, 1.807) is 0 Å². The molecule has 0 radical (unpaired) electrons. The van der Waals surface area contributed by atoms with Crippen molar-refractivity contribution < 1.29 is 10.2 Å². The van der Waals surface area contributed by atoms with Crippen LogP contribution in [-0.4, -0.2) is 21.9 Å². The number of allylic oxidation sites excluding steroid dienone is 2. The van der Waals surface area contributed by atoms with E-state index in [-0.39, 0.29) is 6.10 Å². The summed E-state index contributed by atoms with van der Waals surface area (Å²) < 4.78 is 0. The standard InChI is InChI=1S/C15H26O2/c1-3-4-5-11-15(2,17)12-10-13-6-8-14(16)9-7-13/h6-8,14,16-17H,3-5,9-12H2,1-2H3. The van der Waals surface area contributed by atoms with Gasteiger partial charge in [0.05, 0.1) is 11.7 Å². The molecule has 0 spiro atoms. The van der Waals surface area contributed by atoms with Gasteiger partial charge in [-0.2, -0.15) is 0 Å². The zero-order valence-corrected chi connectivity index (χ0v) is 11.2. The van der Waals surface area contributed by atoms with E-state index < -0.39 is 5.60 Å². The molecular formula is C15H26O2. The van der Waals surface area contributed by atoms with E-state index in [1.165, 1.54) is 18.4 Å². The molecule has 1 aliphatic rings. The molecule has 98 valence electrons. The Morgan fingerprint density at radius 1 is 1.35 bits per heavy atom. The summed E-state index contributed by atoms with van der Waals surface area (Å²) in [7, 11) is 0. The van der Waals surface area contributed by atoms with E-state index in [1.807, 2.05) is 19.1 Å². The minimum Gasteiger partial charge on any atom is -0.390 e. The molecule has 0 fully saturated rings. The molecule has 0 saturated carbocycles. The molecule has 0 aromatic rings. The SMILES string of the molecule is CCCCCC(C)(O)CCC1=CCC(O)C=C1. The van der Waals surface area contributed by atoms with Gasteiger partial charge in [-0.15, -0.1) is 0 Å². The molecule has 1 aliphatic carbocycles. The van der Waals surface area contributed by atoms with Crippen LogP contribution < -0.4 is 0 Å². The van der Waals surface area contributed by atoms with Crippen molar-refractivity contribution in [2.75, 3.05) is 0 Å². The first-order valence-electron chi connectivity index (χ1n) is 6.81. The van der Waals surface area contributed by atoms with Crippen LogP contribution in [0.1, 0.15) is 58.8 Å². The Balaban J connectivity index is 2.27. The highest BCUT2D eigenvalue weighted by molar-refractivity contribution is 5.24. The predicted octanol–water partition coefficient (Wildman–Crippen LogP) is 3.35. The average molecular weight is 238 g/mol. The predicted molar refractivity (Wildman–Crippen MR) is 71.8 cm³/mol. The zero-order chi connectivity index (χ0) is 12.7. The Bertz CT molecular complexity index is 277. The van der Waals surface area contributed by atoms with Crippen LogP contribution in [0.5, 0.6) is 0 Å². The van der Waals surface area contributed by atoms with Crippen LogP contribution in [0.25, 0.3) is 0 Å². The molecule has 0 bridgehead atoms. The largest absolute Gasteiger partial charge is 0.390 e. The molecular weight excluding hydrogens is 212 g/mol. The van der Waals surface area contributed by atoms with Crippen LogP contribution in [0.4, 0.5) is 0 Å². The topological polar surface area (TPSA) is 40.5 Å². The first-order valence-corrected chi connectivity index (χ1v) is 6.81. The van der Waals surface area contributed by atoms with Gasteiger partial charge in [-0.25, -0.2) is 0 Å². The monoisotopic (exact) mass is 238 g/mol. The van der Waals surface area contributed by atoms with E-state index in [0.29, 0.717) is 6.42 Å². The lowest BCUT2D eigenvalue weighted by Crippen LogP contribution is -2.24. The van der Waals surface area contributed by atoms with Crippen molar-refractivity contribution in [3.05, 3.63) is 23.8 Å². The summed E-state index contributed by atoms with van der Waals surface area (Å²) in [5, 5.41) is 19.5. The van der Waals surface area contributed by atoms with Gasteiger partial charge in [0.2, 0.25) is 0 Å². The summed E-state index contributed by atoms with van der Waals surface area (Å²) in [4.78, 5) is 0. The Hall–Kier alpha value is -0.600. The second-order valence-corrected chi connectivity index (χ2v) is 5.40. The fourth-order valence-corrected chi connectivity index (χ4v) is 2.13. The smallest absolute Gasteiger partial charge is 0.0758 e. The third kappa shape index (κ3) is 6.04. The highest BCUT2D eigenvalue weighted by atomic mass is 16.3. The maximum absolute atomic E-state index is 10.2. The fourth-order valence-electron chi connectivity index (χ4n) is 2.13. The molecule has 0 saturated heterocycles. The lowest BCUT2D eigenvalue weighted by atomic mass is 9.90. The first kappa shape index (κ1) is 14.5. The van der Waals surface area contributed by atoms with E-state index >= 15 is 0 Å². The van der Waals surface area contributed by atoms with Crippen molar-refractivity contribution in [2.45, 2.75) is 70.5 Å². The second-order valence-electron chi connectivity index (χ2n) is 5.40. The van der Waals surface area contributed by atoms with Crippen LogP contribution in [0.15, 0.2) is 23.8 Å². The van der Waals surface area contributed by atoms with E-state index in [2.05, 4.69) is 13.0 Å². The maximum Gasteiger partial charge on any atom is 0.0758 e. The molecule has 1 rings (SSSR count). The third-order valence-electron chi connectivity index (χ3n) is 3.43. The number of aliphatic hydroxyl groups is 2. The van der Waals surface area contributed by atoms with Crippen LogP contribution in [0.2, 0.25) is 0 Å². The van der Waals surface area contributed by atoms with Crippen molar-refractivity contribution in [3.63, 3.8) is 0 Å². The van der Waals surface area contributed by atoms with Crippen molar-refractivity contribution in [2.24, 2.45) is 0 Å². The molecule has 2 nitrogen and oxygen atoms in total. The minimum absolute atomic E-state index is 0.316. The van der Waals surface area contributed by atoms with Crippen molar-refractivity contribution >= 4 is 0 Å². The lowest BCUT2D eigenvalue weighted by molar-refractivity contribution is 0.0398. The Morgan fingerprint density at radius 3 is 2.71 bits per heavy atom. The van der Waals surface area contributed by atoms with Gasteiger partial charge in [0.15, 0.2) is 0 Å². The second kappa shape index (κ2) is 6.97. The molecule has 0 amide bonds. The Morgan fingerprint density at radius 2 is 2.12 bits per heavy atom. The number of rotatable bonds is 7. The number of hydrogen-bond donors (Lipinski definition) is 2. The quantitative estimate of drug-likeness (QED) is 0.668. The van der Waals surface area contributed by atoms with E-state index in [4.69, 9.17) is 0 Å². The van der Waals surface area contributed by atoms with Gasteiger partial charge in [-0.05, 0) is 32.6 Å². The summed E-state index contributed by atoms with van der Waals surface area (Å²) in [6, 6.07) is 0. The molecule has 2 heteroatoms. The molecule has 0 aliphatic heterocycles. The van der Waals surface area contributed by atoms with Crippen LogP contribution in [-0.2, 0) is 0 Å². The average Bonchev–Trinajstić information content (AvgIpc) is 2.29. The molecule has 2 unspecified atom stereocenters. The molecule has 0 aromatic heterocycles. The van der Waals surface area contributed by atoms with Gasteiger partial charge < -0.3 is 10.2 Å². The molecule has 2 atom stereocenters. The summed E-state index contributed by atoms with van der Waals surface area (Å²) in [6.45, 7) is 4.11. The van der Waals surface area contributed by atoms with Gasteiger partial charge in [0, 0.05) is 0 Å². The maximum atomic E-state index is 10.2. The lowest BCUT2D eigenvalue weighted by Gasteiger charge is -2.24. The van der Waals surface area contributed by atoms with Crippen molar-refractivity contribution in [1.82, 2.24) is 0 Å². The third-order valence-corrected chi connectivity index (χ3v) is 3.43. The van der Waals surface area contributed by atoms with Crippen molar-refractivity contribution in [3.8, 4) is 0 Å². The highest BCUT2D eigenvalue weighted by Crippen LogP contribution is 2.24. The Kier molecular flexibility index (Phi) is 5.93. The number of unbranched alkanes of at least 4 members (excludes halogenated alkanes) is 2. The van der Waals surface area contributed by atoms with Crippen LogP contribution in [0.3, 0.4) is 0 Å². The molecule has 0 heterocycles. The van der Waals surface area contributed by atoms with Gasteiger partial charge in [0.1, 0.15) is 0 Å². The summed E-state index contributed by atoms with van der Waals surface area (Å²) in [6.07, 6.45) is 12.4. The molecule has 2 N–H and O–H groups in total. The van der Waals surface area contributed by atoms with E-state index in [9.17, 15) is 10.2 Å².